The fraction of sp³-hybridized carbons (Fsp3) is 0.250. The van der Waals surface area contributed by atoms with Crippen molar-refractivity contribution in [2.45, 2.75) is 32.2 Å². The van der Waals surface area contributed by atoms with E-state index in [9.17, 15) is 32.9 Å². The number of hydrogen-bond acceptors (Lipinski definition) is 7. The van der Waals surface area contributed by atoms with Gasteiger partial charge in [-0.15, -0.1) is 0 Å². The highest BCUT2D eigenvalue weighted by atomic mass is 19.4. The lowest BCUT2D eigenvalue weighted by Crippen LogP contribution is -2.35. The Morgan fingerprint density at radius 1 is 1.12 bits per heavy atom. The summed E-state index contributed by atoms with van der Waals surface area (Å²) in [6.45, 7) is 2.48. The lowest BCUT2D eigenvalue weighted by molar-refractivity contribution is -0.385. The molecule has 32 heavy (non-hydrogen) atoms. The number of halogens is 3. The van der Waals surface area contributed by atoms with E-state index < -0.39 is 52.1 Å². The van der Waals surface area contributed by atoms with Crippen molar-refractivity contribution >= 4 is 23.3 Å². The molecule has 2 rings (SSSR count). The number of amides is 1. The Morgan fingerprint density at radius 2 is 1.75 bits per heavy atom. The van der Waals surface area contributed by atoms with Crippen LogP contribution in [0.25, 0.3) is 0 Å². The van der Waals surface area contributed by atoms with Gasteiger partial charge in [-0.3, -0.25) is 14.9 Å². The Kier molecular flexibility index (Phi) is 7.37. The third kappa shape index (κ3) is 6.18. The maximum Gasteiger partial charge on any atom is 0.418 e. The molecule has 0 bridgehead atoms. The molecule has 1 amide bonds. The van der Waals surface area contributed by atoms with Gasteiger partial charge in [0.2, 0.25) is 0 Å². The van der Waals surface area contributed by atoms with Gasteiger partial charge in [-0.25, -0.2) is 4.79 Å². The lowest BCUT2D eigenvalue weighted by atomic mass is 10.1. The first-order chi connectivity index (χ1) is 14.9. The Balaban J connectivity index is 2.05. The molecule has 0 aliphatic rings. The molecule has 1 N–H and O–H groups in total. The Labute approximate surface area is 179 Å². The first-order valence-electron chi connectivity index (χ1n) is 8.96. The van der Waals surface area contributed by atoms with Crippen LogP contribution in [0.15, 0.2) is 42.5 Å². The zero-order valence-corrected chi connectivity index (χ0v) is 16.7. The molecular weight excluding hydrogens is 435 g/mol. The third-order valence-electron chi connectivity index (χ3n) is 4.07. The number of nitrogens with zero attached hydrogens (tertiary/aromatic N) is 2. The van der Waals surface area contributed by atoms with Crippen LogP contribution < -0.4 is 10.1 Å². The first kappa shape index (κ1) is 24.1. The van der Waals surface area contributed by atoms with Crippen molar-refractivity contribution in [2.24, 2.45) is 0 Å². The highest BCUT2D eigenvalue weighted by Gasteiger charge is 2.36. The van der Waals surface area contributed by atoms with Crippen LogP contribution in [0.2, 0.25) is 0 Å². The second-order valence-corrected chi connectivity index (χ2v) is 6.45. The molecule has 0 radical (unpaired) electrons. The first-order valence-corrected chi connectivity index (χ1v) is 8.96. The van der Waals surface area contributed by atoms with Gasteiger partial charge < -0.3 is 14.8 Å². The van der Waals surface area contributed by atoms with Crippen LogP contribution in [0.1, 0.15) is 25.0 Å². The molecule has 2 aromatic rings. The molecule has 168 valence electrons. The lowest BCUT2D eigenvalue weighted by Gasteiger charge is -2.19. The standard InChI is InChI=1S/C20H16F3N3O6/c1-11(32-19(28)12(2)31-15-6-3-13(10-24)4-7-15)18(27)25-17-8-5-14(26(29)30)9-16(17)20(21,22)23/h3-9,11-12H,1-2H3,(H,25,27). The molecule has 0 aliphatic heterocycles. The molecule has 0 aromatic heterocycles. The summed E-state index contributed by atoms with van der Waals surface area (Å²) in [5.74, 6) is -1.79. The zero-order chi connectivity index (χ0) is 24.1. The Morgan fingerprint density at radius 3 is 2.28 bits per heavy atom. The molecule has 0 saturated heterocycles. The van der Waals surface area contributed by atoms with Crippen molar-refractivity contribution in [1.82, 2.24) is 0 Å². The third-order valence-corrected chi connectivity index (χ3v) is 4.07. The Hall–Kier alpha value is -4.14. The second kappa shape index (κ2) is 9.78. The number of nitriles is 1. The van der Waals surface area contributed by atoms with Gasteiger partial charge in [0, 0.05) is 12.1 Å². The number of rotatable bonds is 7. The quantitative estimate of drug-likeness (QED) is 0.384. The summed E-state index contributed by atoms with van der Waals surface area (Å²) in [4.78, 5) is 34.1. The maximum atomic E-state index is 13.2. The number of nitro groups is 1. The SMILES string of the molecule is CC(OC(=O)C(C)Oc1ccc(C#N)cc1)C(=O)Nc1ccc([N+](=O)[O-])cc1C(F)(F)F. The van der Waals surface area contributed by atoms with Gasteiger partial charge in [-0.2, -0.15) is 18.4 Å². The molecule has 2 aromatic carbocycles. The minimum Gasteiger partial charge on any atom is -0.479 e. The summed E-state index contributed by atoms with van der Waals surface area (Å²) in [7, 11) is 0. The normalized spacial score (nSPS) is 12.8. The van der Waals surface area contributed by atoms with E-state index in [0.29, 0.717) is 11.6 Å². The van der Waals surface area contributed by atoms with Gasteiger partial charge in [0.15, 0.2) is 12.2 Å². The molecule has 0 saturated carbocycles. The average molecular weight is 451 g/mol. The Bertz CT molecular complexity index is 1060. The molecule has 0 fully saturated rings. The van der Waals surface area contributed by atoms with Crippen molar-refractivity contribution in [2.75, 3.05) is 5.32 Å². The van der Waals surface area contributed by atoms with Gasteiger partial charge in [0.1, 0.15) is 5.75 Å². The highest BCUT2D eigenvalue weighted by Crippen LogP contribution is 2.37. The summed E-state index contributed by atoms with van der Waals surface area (Å²) in [6.07, 6.45) is -7.63. The summed E-state index contributed by atoms with van der Waals surface area (Å²) in [6, 6.07) is 9.58. The summed E-state index contributed by atoms with van der Waals surface area (Å²) >= 11 is 0. The summed E-state index contributed by atoms with van der Waals surface area (Å²) in [5.41, 5.74) is -2.57. The molecule has 9 nitrogen and oxygen atoms in total. The van der Waals surface area contributed by atoms with Gasteiger partial charge in [-0.05, 0) is 44.2 Å². The van der Waals surface area contributed by atoms with Gasteiger partial charge in [-0.1, -0.05) is 0 Å². The number of carbonyl (C=O) groups is 2. The van der Waals surface area contributed by atoms with Crippen LogP contribution in [0.3, 0.4) is 0 Å². The van der Waals surface area contributed by atoms with E-state index in [1.165, 1.54) is 31.2 Å². The second-order valence-electron chi connectivity index (χ2n) is 6.45. The van der Waals surface area contributed by atoms with Crippen molar-refractivity contribution in [3.8, 4) is 11.8 Å². The largest absolute Gasteiger partial charge is 0.479 e. The predicted octanol–water partition coefficient (Wildman–Crippen LogP) is 3.82. The van der Waals surface area contributed by atoms with E-state index >= 15 is 0 Å². The fourth-order valence-corrected chi connectivity index (χ4v) is 2.41. The smallest absolute Gasteiger partial charge is 0.418 e. The maximum absolute atomic E-state index is 13.2. The molecule has 2 atom stereocenters. The van der Waals surface area contributed by atoms with E-state index in [4.69, 9.17) is 14.7 Å². The number of benzene rings is 2. The number of anilines is 1. The van der Waals surface area contributed by atoms with E-state index in [-0.39, 0.29) is 5.75 Å². The molecule has 2 unspecified atom stereocenters. The van der Waals surface area contributed by atoms with E-state index in [2.05, 4.69) is 0 Å². The van der Waals surface area contributed by atoms with Gasteiger partial charge in [0.05, 0.1) is 27.8 Å². The van der Waals surface area contributed by atoms with Crippen molar-refractivity contribution in [1.29, 1.82) is 5.26 Å². The molecular formula is C20H16F3N3O6. The number of hydrogen-bond donors (Lipinski definition) is 1. The van der Waals surface area contributed by atoms with Crippen LogP contribution in [-0.2, 0) is 20.5 Å². The minimum absolute atomic E-state index is 0.256. The molecule has 0 heterocycles. The van der Waals surface area contributed by atoms with Crippen LogP contribution in [0, 0.1) is 21.4 Å². The predicted molar refractivity (Wildman–Crippen MR) is 104 cm³/mol. The van der Waals surface area contributed by atoms with Crippen LogP contribution in [0.4, 0.5) is 24.5 Å². The molecule has 0 aliphatic carbocycles. The average Bonchev–Trinajstić information content (AvgIpc) is 2.73. The van der Waals surface area contributed by atoms with Crippen LogP contribution >= 0.6 is 0 Å². The van der Waals surface area contributed by atoms with Gasteiger partial charge >= 0.3 is 12.1 Å². The topological polar surface area (TPSA) is 132 Å². The molecule has 0 spiro atoms. The molecule has 12 heteroatoms. The highest BCUT2D eigenvalue weighted by molar-refractivity contribution is 5.96. The minimum atomic E-state index is -4.97. The van der Waals surface area contributed by atoms with Crippen molar-refractivity contribution in [3.63, 3.8) is 0 Å². The number of carbonyl (C=O) groups excluding carboxylic acids is 2. The van der Waals surface area contributed by atoms with E-state index in [1.54, 1.807) is 0 Å². The number of ether oxygens (including phenoxy) is 2. The monoisotopic (exact) mass is 451 g/mol. The summed E-state index contributed by atoms with van der Waals surface area (Å²) < 4.78 is 49.9. The van der Waals surface area contributed by atoms with Crippen LogP contribution in [0.5, 0.6) is 5.75 Å². The summed E-state index contributed by atoms with van der Waals surface area (Å²) in [5, 5.41) is 21.5. The zero-order valence-electron chi connectivity index (χ0n) is 16.7. The number of alkyl halides is 3. The van der Waals surface area contributed by atoms with E-state index in [1.807, 2.05) is 11.4 Å². The van der Waals surface area contributed by atoms with Gasteiger partial charge in [0.25, 0.3) is 11.6 Å². The van der Waals surface area contributed by atoms with Crippen molar-refractivity contribution in [3.05, 3.63) is 63.7 Å². The number of esters is 1. The van der Waals surface area contributed by atoms with Crippen LogP contribution in [-0.4, -0.2) is 29.0 Å². The number of nitro benzene ring substituents is 1. The van der Waals surface area contributed by atoms with Crippen molar-refractivity contribution < 1.29 is 37.2 Å². The number of non-ortho nitro benzene ring substituents is 1. The fourth-order valence-electron chi connectivity index (χ4n) is 2.41. The van der Waals surface area contributed by atoms with E-state index in [0.717, 1.165) is 19.1 Å². The number of nitrogens with one attached hydrogen (secondary N) is 1.